The van der Waals surface area contributed by atoms with Gasteiger partial charge in [0.15, 0.2) is 0 Å². The number of para-hydroxylation sites is 1. The number of urea groups is 1. The number of rotatable bonds is 3. The molecule has 0 bridgehead atoms. The highest BCUT2D eigenvalue weighted by Crippen LogP contribution is 2.60. The molecule has 0 aliphatic carbocycles. The standard InChI is InChI=1S/C20H18ClN3O4/c1-3-27-16-14-10-9-12(21)11-15(14)24-18(26)23(13-7-5-4-6-8-13)19(2)20(16,24)22-17(25)28-19/h4-11,16H,3H2,1-2H3,(H,22,25)/t16-,19-,20-/m1/s1. The monoisotopic (exact) mass is 399 g/mol. The molecule has 28 heavy (non-hydrogen) atoms. The van der Waals surface area contributed by atoms with Crippen LogP contribution in [0.15, 0.2) is 48.5 Å². The first-order valence-electron chi connectivity index (χ1n) is 9.05. The lowest BCUT2D eigenvalue weighted by Gasteiger charge is -2.40. The lowest BCUT2D eigenvalue weighted by Crippen LogP contribution is -2.65. The lowest BCUT2D eigenvalue weighted by atomic mass is 9.90. The SMILES string of the molecule is CCO[C@@H]1c2ccc(Cl)cc2N2C(=O)N(c3ccccc3)[C@]3(C)OC(=O)N[C@]123. The second-order valence-corrected chi connectivity index (χ2v) is 7.53. The predicted molar refractivity (Wildman–Crippen MR) is 103 cm³/mol. The van der Waals surface area contributed by atoms with Gasteiger partial charge in [-0.25, -0.2) is 9.59 Å². The van der Waals surface area contributed by atoms with Gasteiger partial charge in [-0.2, -0.15) is 0 Å². The second kappa shape index (κ2) is 5.62. The zero-order valence-corrected chi connectivity index (χ0v) is 16.1. The van der Waals surface area contributed by atoms with Crippen molar-refractivity contribution in [2.24, 2.45) is 0 Å². The highest BCUT2D eigenvalue weighted by Gasteiger charge is 2.79. The highest BCUT2D eigenvalue weighted by molar-refractivity contribution is 6.31. The van der Waals surface area contributed by atoms with E-state index in [0.717, 1.165) is 5.56 Å². The Morgan fingerprint density at radius 3 is 2.64 bits per heavy atom. The van der Waals surface area contributed by atoms with Crippen molar-refractivity contribution in [3.05, 3.63) is 59.1 Å². The van der Waals surface area contributed by atoms with Crippen LogP contribution >= 0.6 is 11.6 Å². The smallest absolute Gasteiger partial charge is 0.411 e. The summed E-state index contributed by atoms with van der Waals surface area (Å²) >= 11 is 6.23. The van der Waals surface area contributed by atoms with Gasteiger partial charge in [-0.15, -0.1) is 0 Å². The first-order chi connectivity index (χ1) is 13.4. The summed E-state index contributed by atoms with van der Waals surface area (Å²) in [4.78, 5) is 29.2. The van der Waals surface area contributed by atoms with E-state index in [1.165, 1.54) is 4.90 Å². The fraction of sp³-hybridized carbons (Fsp3) is 0.300. The number of carbonyl (C=O) groups is 2. The summed E-state index contributed by atoms with van der Waals surface area (Å²) in [5.41, 5.74) is -0.566. The van der Waals surface area contributed by atoms with E-state index >= 15 is 0 Å². The summed E-state index contributed by atoms with van der Waals surface area (Å²) in [6.07, 6.45) is -1.22. The highest BCUT2D eigenvalue weighted by atomic mass is 35.5. The van der Waals surface area contributed by atoms with Crippen molar-refractivity contribution in [3.8, 4) is 0 Å². The summed E-state index contributed by atoms with van der Waals surface area (Å²) < 4.78 is 11.8. The third-order valence-corrected chi connectivity index (χ3v) is 5.93. The molecule has 8 heteroatoms. The van der Waals surface area contributed by atoms with Crippen LogP contribution in [0.4, 0.5) is 21.0 Å². The van der Waals surface area contributed by atoms with E-state index < -0.39 is 23.6 Å². The van der Waals surface area contributed by atoms with Crippen molar-refractivity contribution in [1.82, 2.24) is 5.32 Å². The maximum absolute atomic E-state index is 13.7. The first kappa shape index (κ1) is 17.3. The van der Waals surface area contributed by atoms with Gasteiger partial charge in [0.25, 0.3) is 0 Å². The molecule has 3 heterocycles. The molecular formula is C20H18ClN3O4. The maximum atomic E-state index is 13.7. The van der Waals surface area contributed by atoms with Crippen LogP contribution < -0.4 is 15.1 Å². The van der Waals surface area contributed by atoms with Crippen LogP contribution in [0, 0.1) is 0 Å². The van der Waals surface area contributed by atoms with E-state index in [2.05, 4.69) is 5.32 Å². The Kier molecular flexibility index (Phi) is 3.48. The van der Waals surface area contributed by atoms with Crippen LogP contribution in [0.3, 0.4) is 0 Å². The Bertz CT molecular complexity index is 1000. The van der Waals surface area contributed by atoms with E-state index in [9.17, 15) is 9.59 Å². The molecule has 0 radical (unpaired) electrons. The van der Waals surface area contributed by atoms with Crippen molar-refractivity contribution < 1.29 is 19.1 Å². The number of halogens is 1. The quantitative estimate of drug-likeness (QED) is 0.845. The minimum atomic E-state index is -1.33. The molecule has 3 amide bonds. The number of fused-ring (bicyclic) bond motifs is 2. The molecule has 2 aromatic carbocycles. The number of carbonyl (C=O) groups excluding carboxylic acids is 2. The minimum absolute atomic E-state index is 0.320. The molecule has 144 valence electrons. The number of anilines is 2. The summed E-state index contributed by atoms with van der Waals surface area (Å²) in [7, 11) is 0. The molecule has 3 aliphatic rings. The van der Waals surface area contributed by atoms with Crippen molar-refractivity contribution in [1.29, 1.82) is 0 Å². The Labute approximate surface area is 166 Å². The number of hydrogen-bond donors (Lipinski definition) is 1. The van der Waals surface area contributed by atoms with Crippen molar-refractivity contribution in [2.45, 2.75) is 31.3 Å². The molecule has 2 saturated heterocycles. The largest absolute Gasteiger partial charge is 0.418 e. The molecule has 0 unspecified atom stereocenters. The Morgan fingerprint density at radius 2 is 1.93 bits per heavy atom. The summed E-state index contributed by atoms with van der Waals surface area (Å²) in [5.74, 6) is 0. The molecule has 2 aromatic rings. The molecule has 0 aromatic heterocycles. The van der Waals surface area contributed by atoms with E-state index in [1.54, 1.807) is 36.1 Å². The fourth-order valence-corrected chi connectivity index (χ4v) is 4.82. The van der Waals surface area contributed by atoms with E-state index in [0.29, 0.717) is 23.0 Å². The minimum Gasteiger partial charge on any atom is -0.418 e. The van der Waals surface area contributed by atoms with Crippen molar-refractivity contribution in [3.63, 3.8) is 0 Å². The van der Waals surface area contributed by atoms with Crippen LogP contribution in [-0.4, -0.2) is 30.1 Å². The average Bonchev–Trinajstić information content (AvgIpc) is 3.14. The van der Waals surface area contributed by atoms with Gasteiger partial charge in [0.1, 0.15) is 6.10 Å². The first-order valence-corrected chi connectivity index (χ1v) is 9.43. The Morgan fingerprint density at radius 1 is 1.18 bits per heavy atom. The van der Waals surface area contributed by atoms with E-state index in [1.807, 2.05) is 31.2 Å². The normalized spacial score (nSPS) is 30.0. The number of benzene rings is 2. The zero-order valence-electron chi connectivity index (χ0n) is 15.3. The van der Waals surface area contributed by atoms with Crippen molar-refractivity contribution >= 4 is 35.1 Å². The molecule has 0 saturated carbocycles. The average molecular weight is 400 g/mol. The molecular weight excluding hydrogens is 382 g/mol. The molecule has 1 spiro atoms. The number of ether oxygens (including phenoxy) is 2. The number of amides is 3. The maximum Gasteiger partial charge on any atom is 0.411 e. The Balaban J connectivity index is 1.79. The van der Waals surface area contributed by atoms with Crippen LogP contribution in [0.2, 0.25) is 5.02 Å². The number of alkyl carbamates (subject to hydrolysis) is 1. The molecule has 7 nitrogen and oxygen atoms in total. The molecule has 3 atom stereocenters. The predicted octanol–water partition coefficient (Wildman–Crippen LogP) is 4.03. The van der Waals surface area contributed by atoms with Gasteiger partial charge in [0.05, 0.1) is 5.69 Å². The molecule has 1 N–H and O–H groups in total. The number of nitrogens with zero attached hydrogens (tertiary/aromatic N) is 2. The lowest BCUT2D eigenvalue weighted by molar-refractivity contribution is -0.0523. The van der Waals surface area contributed by atoms with Crippen molar-refractivity contribution in [2.75, 3.05) is 16.4 Å². The fourth-order valence-electron chi connectivity index (χ4n) is 4.66. The van der Waals surface area contributed by atoms with Gasteiger partial charge in [-0.1, -0.05) is 35.9 Å². The van der Waals surface area contributed by atoms with Gasteiger partial charge >= 0.3 is 12.1 Å². The van der Waals surface area contributed by atoms with Gasteiger partial charge in [-0.3, -0.25) is 15.1 Å². The third-order valence-electron chi connectivity index (χ3n) is 5.70. The van der Waals surface area contributed by atoms with Gasteiger partial charge in [0.2, 0.25) is 11.4 Å². The van der Waals surface area contributed by atoms with E-state index in [4.69, 9.17) is 21.1 Å². The van der Waals surface area contributed by atoms with Gasteiger partial charge < -0.3 is 9.47 Å². The van der Waals surface area contributed by atoms with Crippen LogP contribution in [0.25, 0.3) is 0 Å². The number of nitrogens with one attached hydrogen (secondary N) is 1. The summed E-state index contributed by atoms with van der Waals surface area (Å²) in [6, 6.07) is 14.1. The second-order valence-electron chi connectivity index (χ2n) is 7.09. The Hall–Kier alpha value is -2.77. The molecule has 3 aliphatic heterocycles. The van der Waals surface area contributed by atoms with Crippen LogP contribution in [0.1, 0.15) is 25.5 Å². The van der Waals surface area contributed by atoms with E-state index in [-0.39, 0.29) is 6.03 Å². The summed E-state index contributed by atoms with van der Waals surface area (Å²) in [6.45, 7) is 4.00. The molecule has 2 fully saturated rings. The zero-order chi connectivity index (χ0) is 19.7. The third kappa shape index (κ3) is 1.88. The van der Waals surface area contributed by atoms with Gasteiger partial charge in [-0.05, 0) is 31.2 Å². The number of hydrogen-bond acceptors (Lipinski definition) is 4. The summed E-state index contributed by atoms with van der Waals surface area (Å²) in [5, 5.41) is 3.39. The van der Waals surface area contributed by atoms with Gasteiger partial charge in [0, 0.05) is 29.8 Å². The topological polar surface area (TPSA) is 71.1 Å². The molecule has 5 rings (SSSR count). The van der Waals surface area contributed by atoms with Crippen LogP contribution in [0.5, 0.6) is 0 Å². The van der Waals surface area contributed by atoms with Crippen LogP contribution in [-0.2, 0) is 9.47 Å².